The second-order valence-corrected chi connectivity index (χ2v) is 4.42. The molecule has 16 heavy (non-hydrogen) atoms. The lowest BCUT2D eigenvalue weighted by Gasteiger charge is -2.25. The maximum Gasteiger partial charge on any atom is 0.341 e. The van der Waals surface area contributed by atoms with Gasteiger partial charge in [-0.3, -0.25) is 0 Å². The lowest BCUT2D eigenvalue weighted by molar-refractivity contribution is 0.0655. The van der Waals surface area contributed by atoms with Crippen LogP contribution in [0.2, 0.25) is 0 Å². The van der Waals surface area contributed by atoms with E-state index in [0.29, 0.717) is 0 Å². The van der Waals surface area contributed by atoms with E-state index >= 15 is 0 Å². The average Bonchev–Trinajstić information content (AvgIpc) is 2.65. The molecule has 2 rings (SSSR count). The minimum atomic E-state index is -0.996. The van der Waals surface area contributed by atoms with Crippen LogP contribution in [0.25, 0.3) is 0 Å². The first-order valence-corrected chi connectivity index (χ1v) is 5.48. The molecule has 1 aliphatic rings. The highest BCUT2D eigenvalue weighted by Gasteiger charge is 2.32. The molecule has 1 aromatic rings. The van der Waals surface area contributed by atoms with E-state index in [2.05, 4.69) is 4.98 Å². The molecule has 1 N–H and O–H groups in total. The van der Waals surface area contributed by atoms with Crippen molar-refractivity contribution >= 4 is 5.97 Å². The fraction of sp³-hybridized carbons (Fsp3) is 0.500. The molecule has 86 valence electrons. The van der Waals surface area contributed by atoms with Crippen molar-refractivity contribution in [3.63, 3.8) is 0 Å². The van der Waals surface area contributed by atoms with Gasteiger partial charge in [0, 0.05) is 6.20 Å². The number of hydrogen-bond acceptors (Lipinski definition) is 3. The van der Waals surface area contributed by atoms with Crippen LogP contribution in [0, 0.1) is 0 Å². The quantitative estimate of drug-likeness (QED) is 0.851. The number of rotatable bonds is 3. The van der Waals surface area contributed by atoms with Crippen LogP contribution in [0.5, 0.6) is 5.88 Å². The zero-order valence-corrected chi connectivity index (χ0v) is 9.27. The molecule has 4 nitrogen and oxygen atoms in total. The molecule has 1 fully saturated rings. The summed E-state index contributed by atoms with van der Waals surface area (Å²) in [6, 6.07) is 3.12. The Kier molecular flexibility index (Phi) is 2.81. The molecule has 1 heterocycles. The van der Waals surface area contributed by atoms with Crippen LogP contribution < -0.4 is 4.74 Å². The van der Waals surface area contributed by atoms with Gasteiger partial charge in [0.1, 0.15) is 11.2 Å². The predicted octanol–water partition coefficient (Wildman–Crippen LogP) is 2.49. The minimum Gasteiger partial charge on any atom is -0.477 e. The van der Waals surface area contributed by atoms with Crippen molar-refractivity contribution in [3.05, 3.63) is 23.9 Å². The first-order chi connectivity index (χ1) is 7.61. The van der Waals surface area contributed by atoms with Crippen molar-refractivity contribution in [1.29, 1.82) is 0 Å². The summed E-state index contributed by atoms with van der Waals surface area (Å²) in [6.07, 6.45) is 5.74. The largest absolute Gasteiger partial charge is 0.477 e. The number of carbonyl (C=O) groups is 1. The van der Waals surface area contributed by atoms with Crippen LogP contribution in [0.15, 0.2) is 18.3 Å². The maximum atomic E-state index is 11.0. The van der Waals surface area contributed by atoms with Gasteiger partial charge in [0.2, 0.25) is 5.88 Å². The summed E-state index contributed by atoms with van der Waals surface area (Å²) >= 11 is 0. The second kappa shape index (κ2) is 4.12. The molecule has 1 aromatic heterocycles. The Bertz CT molecular complexity index is 397. The maximum absolute atomic E-state index is 11.0. The Balaban J connectivity index is 2.23. The van der Waals surface area contributed by atoms with E-state index in [1.807, 2.05) is 6.92 Å². The topological polar surface area (TPSA) is 59.4 Å². The summed E-state index contributed by atoms with van der Waals surface area (Å²) in [4.78, 5) is 15.0. The monoisotopic (exact) mass is 221 g/mol. The first kappa shape index (κ1) is 10.9. The van der Waals surface area contributed by atoms with Crippen LogP contribution in [-0.4, -0.2) is 21.7 Å². The highest BCUT2D eigenvalue weighted by molar-refractivity contribution is 5.90. The predicted molar refractivity (Wildman–Crippen MR) is 58.7 cm³/mol. The fourth-order valence-electron chi connectivity index (χ4n) is 2.09. The Morgan fingerprint density at radius 3 is 2.81 bits per heavy atom. The van der Waals surface area contributed by atoms with Gasteiger partial charge in [-0.2, -0.15) is 0 Å². The molecule has 4 heteroatoms. The van der Waals surface area contributed by atoms with E-state index in [0.717, 1.165) is 25.7 Å². The van der Waals surface area contributed by atoms with Gasteiger partial charge in [0.25, 0.3) is 0 Å². The van der Waals surface area contributed by atoms with E-state index in [9.17, 15) is 4.79 Å². The lowest BCUT2D eigenvalue weighted by Crippen LogP contribution is -2.29. The third-order valence-electron chi connectivity index (χ3n) is 3.01. The molecule has 1 saturated carbocycles. The second-order valence-electron chi connectivity index (χ2n) is 4.42. The van der Waals surface area contributed by atoms with E-state index in [4.69, 9.17) is 9.84 Å². The Morgan fingerprint density at radius 2 is 2.19 bits per heavy atom. The number of hydrogen-bond donors (Lipinski definition) is 1. The molecular formula is C12H15NO3. The number of aromatic nitrogens is 1. The normalized spacial score (nSPS) is 18.3. The molecule has 0 bridgehead atoms. The summed E-state index contributed by atoms with van der Waals surface area (Å²) in [5.74, 6) is -0.760. The molecule has 0 aromatic carbocycles. The summed E-state index contributed by atoms with van der Waals surface area (Å²) in [6.45, 7) is 2.01. The summed E-state index contributed by atoms with van der Waals surface area (Å²) in [5.41, 5.74) is -0.117. The number of carboxylic acid groups (broad SMARTS) is 1. The van der Waals surface area contributed by atoms with Gasteiger partial charge >= 0.3 is 5.97 Å². The number of carboxylic acids is 1. The highest BCUT2D eigenvalue weighted by atomic mass is 16.5. The zero-order valence-electron chi connectivity index (χ0n) is 9.27. The summed E-state index contributed by atoms with van der Waals surface area (Å²) < 4.78 is 5.76. The van der Waals surface area contributed by atoms with Gasteiger partial charge in [0.15, 0.2) is 0 Å². The van der Waals surface area contributed by atoms with E-state index in [-0.39, 0.29) is 17.0 Å². The van der Waals surface area contributed by atoms with Crippen LogP contribution in [0.1, 0.15) is 43.0 Å². The molecule has 0 spiro atoms. The fourth-order valence-corrected chi connectivity index (χ4v) is 2.09. The average molecular weight is 221 g/mol. The standard InChI is InChI=1S/C12H15NO3/c1-12(6-2-3-7-12)16-10-9(11(14)15)5-4-8-13-10/h4-5,8H,2-3,6-7H2,1H3,(H,14,15). The van der Waals surface area contributed by atoms with E-state index < -0.39 is 5.97 Å². The van der Waals surface area contributed by atoms with Crippen LogP contribution in [0.3, 0.4) is 0 Å². The Labute approximate surface area is 94.3 Å². The smallest absolute Gasteiger partial charge is 0.341 e. The number of pyridine rings is 1. The van der Waals surface area contributed by atoms with Crippen LogP contribution in [0.4, 0.5) is 0 Å². The van der Waals surface area contributed by atoms with Crippen molar-refractivity contribution in [3.8, 4) is 5.88 Å². The SMILES string of the molecule is CC1(Oc2ncccc2C(=O)O)CCCC1. The third-order valence-corrected chi connectivity index (χ3v) is 3.01. The summed E-state index contributed by atoms with van der Waals surface area (Å²) in [5, 5.41) is 9.00. The molecule has 0 saturated heterocycles. The van der Waals surface area contributed by atoms with Crippen molar-refractivity contribution in [2.75, 3.05) is 0 Å². The van der Waals surface area contributed by atoms with E-state index in [1.165, 1.54) is 6.07 Å². The molecule has 1 aliphatic carbocycles. The highest BCUT2D eigenvalue weighted by Crippen LogP contribution is 2.34. The van der Waals surface area contributed by atoms with Crippen molar-refractivity contribution in [2.24, 2.45) is 0 Å². The van der Waals surface area contributed by atoms with Gasteiger partial charge in [-0.25, -0.2) is 9.78 Å². The van der Waals surface area contributed by atoms with Crippen LogP contribution >= 0.6 is 0 Å². The van der Waals surface area contributed by atoms with Gasteiger partial charge < -0.3 is 9.84 Å². The van der Waals surface area contributed by atoms with Gasteiger partial charge in [0.05, 0.1) is 0 Å². The molecular weight excluding hydrogens is 206 g/mol. The molecule has 0 unspecified atom stereocenters. The minimum absolute atomic E-state index is 0.135. The number of aromatic carboxylic acids is 1. The van der Waals surface area contributed by atoms with Gasteiger partial charge in [-0.05, 0) is 44.7 Å². The van der Waals surface area contributed by atoms with Crippen LogP contribution in [-0.2, 0) is 0 Å². The summed E-state index contributed by atoms with van der Waals surface area (Å²) in [7, 11) is 0. The number of ether oxygens (including phenoxy) is 1. The van der Waals surface area contributed by atoms with Crippen molar-refractivity contribution < 1.29 is 14.6 Å². The molecule has 0 aliphatic heterocycles. The Hall–Kier alpha value is -1.58. The van der Waals surface area contributed by atoms with E-state index in [1.54, 1.807) is 12.3 Å². The van der Waals surface area contributed by atoms with Gasteiger partial charge in [-0.15, -0.1) is 0 Å². The zero-order chi connectivity index (χ0) is 11.6. The molecule has 0 atom stereocenters. The first-order valence-electron chi connectivity index (χ1n) is 5.48. The van der Waals surface area contributed by atoms with Crippen molar-refractivity contribution in [2.45, 2.75) is 38.2 Å². The lowest BCUT2D eigenvalue weighted by atomic mass is 10.1. The van der Waals surface area contributed by atoms with Gasteiger partial charge in [-0.1, -0.05) is 0 Å². The number of nitrogens with zero attached hydrogens (tertiary/aromatic N) is 1. The molecule has 0 amide bonds. The Morgan fingerprint density at radius 1 is 1.50 bits per heavy atom. The van der Waals surface area contributed by atoms with Crippen molar-refractivity contribution in [1.82, 2.24) is 4.98 Å². The third kappa shape index (κ3) is 2.15. The molecule has 0 radical (unpaired) electrons.